The van der Waals surface area contributed by atoms with Gasteiger partial charge in [-0.05, 0) is 48.7 Å². The summed E-state index contributed by atoms with van der Waals surface area (Å²) in [4.78, 5) is 11.3. The fourth-order valence-corrected chi connectivity index (χ4v) is 2.24. The van der Waals surface area contributed by atoms with Crippen molar-refractivity contribution in [2.45, 2.75) is 25.4 Å². The van der Waals surface area contributed by atoms with Crippen LogP contribution < -0.4 is 21.5 Å². The standard InChI is InChI=1S/C18H23N3O2.2ClH/c1-18(20,17(19)22)11-13-6-8-15(9-7-13)21-12-14-4-3-5-16(10-14)23-2;;/h3-10,21H,11-12,20H2,1-2H3,(H2,19,22);2*1H. The van der Waals surface area contributed by atoms with Crippen molar-refractivity contribution in [1.82, 2.24) is 0 Å². The average Bonchev–Trinajstić information content (AvgIpc) is 2.54. The summed E-state index contributed by atoms with van der Waals surface area (Å²) in [6.07, 6.45) is 0.415. The zero-order valence-corrected chi connectivity index (χ0v) is 16.0. The van der Waals surface area contributed by atoms with Crippen LogP contribution in [0, 0.1) is 0 Å². The molecule has 5 N–H and O–H groups in total. The fraction of sp³-hybridized carbons (Fsp3) is 0.278. The molecule has 1 unspecified atom stereocenters. The third-order valence-electron chi connectivity index (χ3n) is 3.72. The molecule has 0 aliphatic rings. The molecule has 1 amide bonds. The van der Waals surface area contributed by atoms with Gasteiger partial charge in [-0.25, -0.2) is 0 Å². The summed E-state index contributed by atoms with van der Waals surface area (Å²) >= 11 is 0. The predicted octanol–water partition coefficient (Wildman–Crippen LogP) is 2.90. The summed E-state index contributed by atoms with van der Waals surface area (Å²) in [5.41, 5.74) is 13.3. The Kier molecular flexibility index (Phi) is 9.34. The second-order valence-electron chi connectivity index (χ2n) is 5.86. The average molecular weight is 386 g/mol. The van der Waals surface area contributed by atoms with Crippen molar-refractivity contribution in [1.29, 1.82) is 0 Å². The molecule has 138 valence electrons. The van der Waals surface area contributed by atoms with E-state index in [1.807, 2.05) is 48.5 Å². The molecule has 0 spiro atoms. The van der Waals surface area contributed by atoms with E-state index < -0.39 is 11.4 Å². The van der Waals surface area contributed by atoms with Gasteiger partial charge in [-0.2, -0.15) is 0 Å². The lowest BCUT2D eigenvalue weighted by Crippen LogP contribution is -2.51. The highest BCUT2D eigenvalue weighted by Crippen LogP contribution is 2.17. The molecule has 0 saturated carbocycles. The van der Waals surface area contributed by atoms with Gasteiger partial charge in [0.15, 0.2) is 0 Å². The largest absolute Gasteiger partial charge is 0.497 e. The van der Waals surface area contributed by atoms with Gasteiger partial charge in [-0.3, -0.25) is 4.79 Å². The van der Waals surface area contributed by atoms with Crippen molar-refractivity contribution in [3.63, 3.8) is 0 Å². The number of halogens is 2. The summed E-state index contributed by atoms with van der Waals surface area (Å²) in [7, 11) is 1.66. The van der Waals surface area contributed by atoms with Crippen LogP contribution in [0.15, 0.2) is 48.5 Å². The third kappa shape index (κ3) is 6.82. The van der Waals surface area contributed by atoms with Gasteiger partial charge < -0.3 is 21.5 Å². The molecular weight excluding hydrogens is 361 g/mol. The van der Waals surface area contributed by atoms with Crippen molar-refractivity contribution >= 4 is 36.4 Å². The quantitative estimate of drug-likeness (QED) is 0.683. The second-order valence-corrected chi connectivity index (χ2v) is 5.86. The molecule has 0 saturated heterocycles. The molecule has 2 rings (SSSR count). The van der Waals surface area contributed by atoms with Gasteiger partial charge in [0.05, 0.1) is 12.6 Å². The number of methoxy groups -OCH3 is 1. The highest BCUT2D eigenvalue weighted by Gasteiger charge is 2.25. The highest BCUT2D eigenvalue weighted by atomic mass is 35.5. The monoisotopic (exact) mass is 385 g/mol. The maximum Gasteiger partial charge on any atom is 0.237 e. The molecule has 1 atom stereocenters. The van der Waals surface area contributed by atoms with E-state index in [0.717, 1.165) is 22.6 Å². The Hall–Kier alpha value is -1.95. The Bertz CT molecular complexity index is 676. The number of carbonyl (C=O) groups excluding carboxylic acids is 1. The molecule has 0 heterocycles. The molecule has 0 aliphatic heterocycles. The maximum atomic E-state index is 11.3. The number of benzene rings is 2. The summed E-state index contributed by atoms with van der Waals surface area (Å²) in [6, 6.07) is 15.7. The molecule has 25 heavy (non-hydrogen) atoms. The van der Waals surface area contributed by atoms with Crippen LogP contribution in [0.4, 0.5) is 5.69 Å². The summed E-state index contributed by atoms with van der Waals surface area (Å²) in [6.45, 7) is 2.34. The lowest BCUT2D eigenvalue weighted by atomic mass is 9.93. The molecular formula is C18H25Cl2N3O2. The summed E-state index contributed by atoms with van der Waals surface area (Å²) < 4.78 is 5.21. The Labute approximate surface area is 160 Å². The zero-order valence-electron chi connectivity index (χ0n) is 14.3. The van der Waals surface area contributed by atoms with Crippen LogP contribution in [0.25, 0.3) is 0 Å². The van der Waals surface area contributed by atoms with E-state index in [1.165, 1.54) is 0 Å². The molecule has 7 heteroatoms. The van der Waals surface area contributed by atoms with Crippen LogP contribution in [-0.4, -0.2) is 18.6 Å². The number of hydrogen-bond acceptors (Lipinski definition) is 4. The van der Waals surface area contributed by atoms with E-state index >= 15 is 0 Å². The minimum absolute atomic E-state index is 0. The van der Waals surface area contributed by atoms with Crippen molar-refractivity contribution in [2.24, 2.45) is 11.5 Å². The number of anilines is 1. The first-order valence-electron chi connectivity index (χ1n) is 7.45. The van der Waals surface area contributed by atoms with E-state index in [4.69, 9.17) is 16.2 Å². The number of nitrogens with two attached hydrogens (primary N) is 2. The summed E-state index contributed by atoms with van der Waals surface area (Å²) in [5.74, 6) is 0.339. The molecule has 0 fully saturated rings. The first-order valence-corrected chi connectivity index (χ1v) is 7.45. The lowest BCUT2D eigenvalue weighted by molar-refractivity contribution is -0.122. The Morgan fingerprint density at radius 2 is 1.76 bits per heavy atom. The zero-order chi connectivity index (χ0) is 16.9. The number of nitrogens with one attached hydrogen (secondary N) is 1. The van der Waals surface area contributed by atoms with Crippen LogP contribution in [0.1, 0.15) is 18.1 Å². The highest BCUT2D eigenvalue weighted by molar-refractivity contribution is 5.85. The SMILES string of the molecule is COc1cccc(CNc2ccc(CC(C)(N)C(N)=O)cc2)c1.Cl.Cl. The number of rotatable bonds is 7. The Morgan fingerprint density at radius 3 is 2.32 bits per heavy atom. The summed E-state index contributed by atoms with van der Waals surface area (Å²) in [5, 5.41) is 3.35. The van der Waals surface area contributed by atoms with Gasteiger partial charge in [0.25, 0.3) is 0 Å². The van der Waals surface area contributed by atoms with Crippen LogP contribution in [0.5, 0.6) is 5.75 Å². The minimum atomic E-state index is -1.03. The number of carbonyl (C=O) groups is 1. The van der Waals surface area contributed by atoms with Crippen LogP contribution in [0.2, 0.25) is 0 Å². The molecule has 0 aromatic heterocycles. The molecule has 0 aliphatic carbocycles. The maximum absolute atomic E-state index is 11.3. The topological polar surface area (TPSA) is 90.4 Å². The number of amides is 1. The van der Waals surface area contributed by atoms with Gasteiger partial charge in [-0.15, -0.1) is 24.8 Å². The number of primary amides is 1. The van der Waals surface area contributed by atoms with E-state index in [0.29, 0.717) is 13.0 Å². The number of hydrogen-bond donors (Lipinski definition) is 3. The van der Waals surface area contributed by atoms with Gasteiger partial charge in [-0.1, -0.05) is 24.3 Å². The fourth-order valence-electron chi connectivity index (χ4n) is 2.24. The first kappa shape index (κ1) is 23.1. The lowest BCUT2D eigenvalue weighted by Gasteiger charge is -2.20. The Balaban J connectivity index is 0.00000288. The van der Waals surface area contributed by atoms with E-state index in [1.54, 1.807) is 14.0 Å². The van der Waals surface area contributed by atoms with Crippen LogP contribution in [0.3, 0.4) is 0 Å². The van der Waals surface area contributed by atoms with Crippen LogP contribution >= 0.6 is 24.8 Å². The normalized spacial score (nSPS) is 12.1. The molecule has 5 nitrogen and oxygen atoms in total. The van der Waals surface area contributed by atoms with Crippen molar-refractivity contribution in [2.75, 3.05) is 12.4 Å². The molecule has 0 bridgehead atoms. The van der Waals surface area contributed by atoms with Crippen LogP contribution in [-0.2, 0) is 17.8 Å². The van der Waals surface area contributed by atoms with Gasteiger partial charge >= 0.3 is 0 Å². The molecule has 2 aromatic carbocycles. The van der Waals surface area contributed by atoms with E-state index in [9.17, 15) is 4.79 Å². The number of ether oxygens (including phenoxy) is 1. The van der Waals surface area contributed by atoms with Gasteiger partial charge in [0.1, 0.15) is 5.75 Å². The van der Waals surface area contributed by atoms with Gasteiger partial charge in [0, 0.05) is 12.2 Å². The van der Waals surface area contributed by atoms with E-state index in [2.05, 4.69) is 5.32 Å². The smallest absolute Gasteiger partial charge is 0.237 e. The second kappa shape index (κ2) is 10.1. The molecule has 2 aromatic rings. The van der Waals surface area contributed by atoms with Gasteiger partial charge in [0.2, 0.25) is 5.91 Å². The Morgan fingerprint density at radius 1 is 1.12 bits per heavy atom. The minimum Gasteiger partial charge on any atom is -0.497 e. The first-order chi connectivity index (χ1) is 10.9. The van der Waals surface area contributed by atoms with E-state index in [-0.39, 0.29) is 24.8 Å². The predicted molar refractivity (Wildman–Crippen MR) is 107 cm³/mol. The third-order valence-corrected chi connectivity index (χ3v) is 3.72. The van der Waals surface area contributed by atoms with Crippen molar-refractivity contribution in [3.05, 3.63) is 59.7 Å². The molecule has 0 radical (unpaired) electrons. The van der Waals surface area contributed by atoms with Crippen molar-refractivity contribution < 1.29 is 9.53 Å². The van der Waals surface area contributed by atoms with Crippen molar-refractivity contribution in [3.8, 4) is 5.75 Å².